The van der Waals surface area contributed by atoms with E-state index in [0.717, 1.165) is 0 Å². The van der Waals surface area contributed by atoms with Crippen molar-refractivity contribution in [3.05, 3.63) is 75.9 Å². The van der Waals surface area contributed by atoms with Gasteiger partial charge in [-0.2, -0.15) is 0 Å². The molecule has 138 valence electrons. The number of methoxy groups -OCH3 is 1. The number of esters is 2. The molecule has 0 fully saturated rings. The number of hydrogen-bond acceptors (Lipinski definition) is 7. The maximum atomic E-state index is 12.3. The molecule has 0 bridgehead atoms. The minimum Gasteiger partial charge on any atom is -0.463 e. The van der Waals surface area contributed by atoms with E-state index in [9.17, 15) is 14.4 Å². The van der Waals surface area contributed by atoms with Gasteiger partial charge in [-0.3, -0.25) is 4.79 Å². The molecule has 3 rings (SSSR count). The van der Waals surface area contributed by atoms with E-state index in [-0.39, 0.29) is 23.8 Å². The fourth-order valence-corrected chi connectivity index (χ4v) is 2.89. The molecule has 8 heteroatoms. The van der Waals surface area contributed by atoms with Gasteiger partial charge >= 0.3 is 11.9 Å². The zero-order valence-corrected chi connectivity index (χ0v) is 15.1. The molecule has 1 N–H and O–H groups in total. The molecule has 0 saturated carbocycles. The van der Waals surface area contributed by atoms with E-state index in [0.29, 0.717) is 16.1 Å². The first kappa shape index (κ1) is 18.4. The Bertz CT molecular complexity index is 960. The van der Waals surface area contributed by atoms with E-state index >= 15 is 0 Å². The minimum atomic E-state index is -0.649. The summed E-state index contributed by atoms with van der Waals surface area (Å²) in [7, 11) is 1.23. The standard InChI is InChI=1S/C19H15NO6S/c1-24-19(23)16-13(7-8-25-16)11-26-18(22)12-4-2-5-14(10-12)20-17(21)15-6-3-9-27-15/h2-10H,11H2,1H3,(H,20,21). The predicted molar refractivity (Wildman–Crippen MR) is 97.9 cm³/mol. The van der Waals surface area contributed by atoms with Gasteiger partial charge in [0.2, 0.25) is 5.76 Å². The van der Waals surface area contributed by atoms with Crippen molar-refractivity contribution in [3.63, 3.8) is 0 Å². The van der Waals surface area contributed by atoms with Crippen LogP contribution < -0.4 is 5.32 Å². The number of carbonyl (C=O) groups excluding carboxylic acids is 3. The van der Waals surface area contributed by atoms with Crippen LogP contribution in [0.15, 0.2) is 58.5 Å². The molecule has 2 aromatic heterocycles. The molecule has 0 radical (unpaired) electrons. The highest BCUT2D eigenvalue weighted by Crippen LogP contribution is 2.17. The van der Waals surface area contributed by atoms with Gasteiger partial charge in [0.25, 0.3) is 5.91 Å². The van der Waals surface area contributed by atoms with Gasteiger partial charge in [-0.1, -0.05) is 12.1 Å². The van der Waals surface area contributed by atoms with Crippen LogP contribution in [0.25, 0.3) is 0 Å². The monoisotopic (exact) mass is 385 g/mol. The third-order valence-corrected chi connectivity index (χ3v) is 4.45. The number of thiophene rings is 1. The van der Waals surface area contributed by atoms with Gasteiger partial charge in [0.05, 0.1) is 23.8 Å². The van der Waals surface area contributed by atoms with Gasteiger partial charge < -0.3 is 19.2 Å². The van der Waals surface area contributed by atoms with Gasteiger partial charge in [0.1, 0.15) is 6.61 Å². The molecular weight excluding hydrogens is 370 g/mol. The number of anilines is 1. The maximum Gasteiger partial charge on any atom is 0.374 e. The molecule has 0 aliphatic heterocycles. The summed E-state index contributed by atoms with van der Waals surface area (Å²) in [6.07, 6.45) is 1.32. The highest BCUT2D eigenvalue weighted by molar-refractivity contribution is 7.12. The Balaban J connectivity index is 1.65. The molecule has 3 aromatic rings. The maximum absolute atomic E-state index is 12.3. The average molecular weight is 385 g/mol. The van der Waals surface area contributed by atoms with Gasteiger partial charge in [-0.25, -0.2) is 9.59 Å². The Kier molecular flexibility index (Phi) is 5.68. The Hall–Kier alpha value is -3.39. The zero-order valence-electron chi connectivity index (χ0n) is 14.3. The second-order valence-electron chi connectivity index (χ2n) is 5.35. The Morgan fingerprint density at radius 1 is 1.11 bits per heavy atom. The summed E-state index contributed by atoms with van der Waals surface area (Å²) < 4.78 is 14.9. The summed E-state index contributed by atoms with van der Waals surface area (Å²) in [5, 5.41) is 4.54. The quantitative estimate of drug-likeness (QED) is 0.650. The molecule has 0 unspecified atom stereocenters. The summed E-state index contributed by atoms with van der Waals surface area (Å²) in [4.78, 5) is 36.5. The van der Waals surface area contributed by atoms with Gasteiger partial charge in [0, 0.05) is 11.3 Å². The third kappa shape index (κ3) is 4.42. The topological polar surface area (TPSA) is 94.8 Å². The zero-order chi connectivity index (χ0) is 19.2. The minimum absolute atomic E-state index is 0.0118. The van der Waals surface area contributed by atoms with Crippen LogP contribution in [0.1, 0.15) is 36.1 Å². The van der Waals surface area contributed by atoms with E-state index in [2.05, 4.69) is 10.1 Å². The van der Waals surface area contributed by atoms with E-state index in [1.807, 2.05) is 0 Å². The fraction of sp³-hybridized carbons (Fsp3) is 0.105. The van der Waals surface area contributed by atoms with Crippen molar-refractivity contribution in [2.45, 2.75) is 6.61 Å². The molecular formula is C19H15NO6S. The van der Waals surface area contributed by atoms with Crippen molar-refractivity contribution in [2.24, 2.45) is 0 Å². The molecule has 1 aromatic carbocycles. The summed E-state index contributed by atoms with van der Waals surface area (Å²) in [6.45, 7) is -0.147. The first-order valence-corrected chi connectivity index (χ1v) is 8.73. The van der Waals surface area contributed by atoms with Crippen molar-refractivity contribution >= 4 is 34.9 Å². The van der Waals surface area contributed by atoms with Crippen LogP contribution in [-0.2, 0) is 16.1 Å². The van der Waals surface area contributed by atoms with Crippen molar-refractivity contribution in [1.29, 1.82) is 0 Å². The van der Waals surface area contributed by atoms with Crippen molar-refractivity contribution in [3.8, 4) is 0 Å². The normalized spacial score (nSPS) is 10.3. The molecule has 27 heavy (non-hydrogen) atoms. The van der Waals surface area contributed by atoms with E-state index < -0.39 is 11.9 Å². The first-order valence-electron chi connectivity index (χ1n) is 7.85. The molecule has 7 nitrogen and oxygen atoms in total. The highest BCUT2D eigenvalue weighted by Gasteiger charge is 2.18. The molecule has 2 heterocycles. The van der Waals surface area contributed by atoms with Gasteiger partial charge in [0.15, 0.2) is 0 Å². The molecule has 0 aliphatic carbocycles. The molecule has 0 saturated heterocycles. The Morgan fingerprint density at radius 2 is 1.96 bits per heavy atom. The van der Waals surface area contributed by atoms with Crippen LogP contribution in [-0.4, -0.2) is 25.0 Å². The van der Waals surface area contributed by atoms with E-state index in [1.165, 1.54) is 36.8 Å². The lowest BCUT2D eigenvalue weighted by molar-refractivity contribution is 0.0453. The van der Waals surface area contributed by atoms with Crippen molar-refractivity contribution in [2.75, 3.05) is 12.4 Å². The number of hydrogen-bond donors (Lipinski definition) is 1. The van der Waals surface area contributed by atoms with Crippen molar-refractivity contribution < 1.29 is 28.3 Å². The first-order chi connectivity index (χ1) is 13.1. The smallest absolute Gasteiger partial charge is 0.374 e. The van der Waals surface area contributed by atoms with Crippen LogP contribution in [0.5, 0.6) is 0 Å². The predicted octanol–water partition coefficient (Wildman–Crippen LogP) is 3.74. The molecule has 1 amide bonds. The second-order valence-corrected chi connectivity index (χ2v) is 6.30. The van der Waals surface area contributed by atoms with E-state index in [4.69, 9.17) is 9.15 Å². The van der Waals surface area contributed by atoms with E-state index in [1.54, 1.807) is 35.7 Å². The lowest BCUT2D eigenvalue weighted by Crippen LogP contribution is -2.12. The Labute approximate surface area is 158 Å². The number of carbonyl (C=O) groups is 3. The summed E-state index contributed by atoms with van der Waals surface area (Å²) in [5.41, 5.74) is 1.14. The second kappa shape index (κ2) is 8.33. The summed E-state index contributed by atoms with van der Waals surface area (Å²) >= 11 is 1.32. The van der Waals surface area contributed by atoms with Crippen LogP contribution in [0, 0.1) is 0 Å². The highest BCUT2D eigenvalue weighted by atomic mass is 32.1. The number of nitrogens with one attached hydrogen (secondary N) is 1. The largest absolute Gasteiger partial charge is 0.463 e. The molecule has 0 atom stereocenters. The van der Waals surface area contributed by atoms with Crippen molar-refractivity contribution in [1.82, 2.24) is 0 Å². The summed E-state index contributed by atoms with van der Waals surface area (Å²) in [5.74, 6) is -1.51. The number of ether oxygens (including phenoxy) is 2. The SMILES string of the molecule is COC(=O)c1occc1COC(=O)c1cccc(NC(=O)c2cccs2)c1. The number of rotatable bonds is 6. The van der Waals surface area contributed by atoms with Gasteiger partial charge in [-0.05, 0) is 35.7 Å². The lowest BCUT2D eigenvalue weighted by atomic mass is 10.2. The summed E-state index contributed by atoms with van der Waals surface area (Å²) in [6, 6.07) is 11.4. The molecule has 0 spiro atoms. The third-order valence-electron chi connectivity index (χ3n) is 3.58. The lowest BCUT2D eigenvalue weighted by Gasteiger charge is -2.07. The van der Waals surface area contributed by atoms with Crippen LogP contribution in [0.2, 0.25) is 0 Å². The van der Waals surface area contributed by atoms with Crippen LogP contribution >= 0.6 is 11.3 Å². The average Bonchev–Trinajstić information content (AvgIpc) is 3.37. The number of benzene rings is 1. The van der Waals surface area contributed by atoms with Crippen LogP contribution in [0.4, 0.5) is 5.69 Å². The number of furan rings is 1. The Morgan fingerprint density at radius 3 is 2.70 bits per heavy atom. The van der Waals surface area contributed by atoms with Crippen LogP contribution in [0.3, 0.4) is 0 Å². The fourth-order valence-electron chi connectivity index (χ4n) is 2.27. The number of amides is 1. The molecule has 0 aliphatic rings. The van der Waals surface area contributed by atoms with Gasteiger partial charge in [-0.15, -0.1) is 11.3 Å².